The predicted molar refractivity (Wildman–Crippen MR) is 68.6 cm³/mol. The van der Waals surface area contributed by atoms with E-state index in [-0.39, 0.29) is 11.3 Å². The van der Waals surface area contributed by atoms with Crippen molar-refractivity contribution in [1.82, 2.24) is 9.78 Å². The summed E-state index contributed by atoms with van der Waals surface area (Å²) in [5.41, 5.74) is 1.16. The SMILES string of the molecule is CCn1cc(COc2ccc(F)cc2C(C)=O)cn1. The molecule has 1 aromatic heterocycles. The van der Waals surface area contributed by atoms with Gasteiger partial charge in [-0.3, -0.25) is 9.48 Å². The zero-order valence-electron chi connectivity index (χ0n) is 10.9. The van der Waals surface area contributed by atoms with Gasteiger partial charge in [-0.25, -0.2) is 4.39 Å². The number of carbonyl (C=O) groups is 1. The van der Waals surface area contributed by atoms with E-state index in [9.17, 15) is 9.18 Å². The summed E-state index contributed by atoms with van der Waals surface area (Å²) < 4.78 is 20.4. The van der Waals surface area contributed by atoms with Crippen LogP contribution in [0.2, 0.25) is 0 Å². The van der Waals surface area contributed by atoms with Gasteiger partial charge in [0.2, 0.25) is 0 Å². The van der Waals surface area contributed by atoms with Gasteiger partial charge < -0.3 is 4.74 Å². The van der Waals surface area contributed by atoms with Crippen LogP contribution in [0.3, 0.4) is 0 Å². The molecule has 0 saturated carbocycles. The lowest BCUT2D eigenvalue weighted by molar-refractivity contribution is 0.101. The number of carbonyl (C=O) groups excluding carboxylic acids is 1. The molecule has 0 aliphatic heterocycles. The van der Waals surface area contributed by atoms with Gasteiger partial charge in [0, 0.05) is 18.3 Å². The summed E-state index contributed by atoms with van der Waals surface area (Å²) in [6.07, 6.45) is 3.58. The minimum absolute atomic E-state index is 0.223. The van der Waals surface area contributed by atoms with Crippen molar-refractivity contribution in [3.8, 4) is 5.75 Å². The van der Waals surface area contributed by atoms with Gasteiger partial charge in [-0.2, -0.15) is 5.10 Å². The second-order valence-corrected chi connectivity index (χ2v) is 4.19. The highest BCUT2D eigenvalue weighted by atomic mass is 19.1. The zero-order chi connectivity index (χ0) is 13.8. The lowest BCUT2D eigenvalue weighted by Gasteiger charge is -2.08. The first kappa shape index (κ1) is 13.3. The van der Waals surface area contributed by atoms with E-state index in [0.29, 0.717) is 12.4 Å². The largest absolute Gasteiger partial charge is 0.488 e. The average Bonchev–Trinajstić information content (AvgIpc) is 2.85. The number of halogens is 1. The molecule has 0 fully saturated rings. The number of aryl methyl sites for hydroxylation is 1. The second kappa shape index (κ2) is 5.65. The van der Waals surface area contributed by atoms with Crippen molar-refractivity contribution >= 4 is 5.78 Å². The highest BCUT2D eigenvalue weighted by Gasteiger charge is 2.10. The number of ketones is 1. The molecule has 19 heavy (non-hydrogen) atoms. The van der Waals surface area contributed by atoms with Crippen molar-refractivity contribution in [2.24, 2.45) is 0 Å². The highest BCUT2D eigenvalue weighted by Crippen LogP contribution is 2.21. The molecule has 4 nitrogen and oxygen atoms in total. The van der Waals surface area contributed by atoms with Crippen LogP contribution in [0.5, 0.6) is 5.75 Å². The molecule has 0 atom stereocenters. The quantitative estimate of drug-likeness (QED) is 0.778. The molecule has 0 amide bonds. The van der Waals surface area contributed by atoms with E-state index in [1.807, 2.05) is 13.1 Å². The monoisotopic (exact) mass is 262 g/mol. The number of ether oxygens (including phenoxy) is 1. The first-order valence-corrected chi connectivity index (χ1v) is 6.04. The first-order valence-electron chi connectivity index (χ1n) is 6.04. The van der Waals surface area contributed by atoms with E-state index in [4.69, 9.17) is 4.74 Å². The van der Waals surface area contributed by atoms with Gasteiger partial charge in [0.25, 0.3) is 0 Å². The number of aromatic nitrogens is 2. The van der Waals surface area contributed by atoms with Crippen LogP contribution in [0.15, 0.2) is 30.6 Å². The molecule has 0 saturated heterocycles. The summed E-state index contributed by atoms with van der Waals surface area (Å²) in [7, 11) is 0. The van der Waals surface area contributed by atoms with Crippen LogP contribution in [-0.2, 0) is 13.2 Å². The summed E-state index contributed by atoms with van der Waals surface area (Å²) in [6.45, 7) is 4.46. The van der Waals surface area contributed by atoms with Crippen LogP contribution in [0.4, 0.5) is 4.39 Å². The molecule has 100 valence electrons. The summed E-state index contributed by atoms with van der Waals surface area (Å²) in [5.74, 6) is -0.284. The lowest BCUT2D eigenvalue weighted by atomic mass is 10.1. The maximum Gasteiger partial charge on any atom is 0.163 e. The Morgan fingerprint density at radius 2 is 2.26 bits per heavy atom. The maximum absolute atomic E-state index is 13.1. The summed E-state index contributed by atoms with van der Waals surface area (Å²) in [4.78, 5) is 11.4. The Kier molecular flexibility index (Phi) is 3.94. The zero-order valence-corrected chi connectivity index (χ0v) is 10.9. The summed E-state index contributed by atoms with van der Waals surface area (Å²) in [5, 5.41) is 4.13. The van der Waals surface area contributed by atoms with Crippen LogP contribution in [0, 0.1) is 5.82 Å². The van der Waals surface area contributed by atoms with Crippen molar-refractivity contribution in [3.05, 3.63) is 47.5 Å². The third-order valence-corrected chi connectivity index (χ3v) is 2.73. The second-order valence-electron chi connectivity index (χ2n) is 4.19. The molecule has 2 rings (SSSR count). The minimum Gasteiger partial charge on any atom is -0.488 e. The van der Waals surface area contributed by atoms with Gasteiger partial charge in [-0.15, -0.1) is 0 Å². The molecule has 0 radical (unpaired) electrons. The van der Waals surface area contributed by atoms with Gasteiger partial charge in [-0.05, 0) is 32.0 Å². The Hall–Kier alpha value is -2.17. The molecule has 0 spiro atoms. The smallest absolute Gasteiger partial charge is 0.163 e. The summed E-state index contributed by atoms with van der Waals surface area (Å²) >= 11 is 0. The molecule has 0 N–H and O–H groups in total. The number of benzene rings is 1. The minimum atomic E-state index is -0.448. The molecule has 5 heteroatoms. The standard InChI is InChI=1S/C14H15FN2O2/c1-3-17-8-11(7-16-17)9-19-14-5-4-12(15)6-13(14)10(2)18/h4-8H,3,9H2,1-2H3. The van der Waals surface area contributed by atoms with Crippen molar-refractivity contribution < 1.29 is 13.9 Å². The van der Waals surface area contributed by atoms with Crippen molar-refractivity contribution in [2.45, 2.75) is 27.0 Å². The van der Waals surface area contributed by atoms with Crippen LogP contribution in [-0.4, -0.2) is 15.6 Å². The van der Waals surface area contributed by atoms with Gasteiger partial charge in [0.1, 0.15) is 18.2 Å². The fourth-order valence-corrected chi connectivity index (χ4v) is 1.72. The number of Topliss-reactive ketones (excluding diaryl/α,β-unsaturated/α-hetero) is 1. The lowest BCUT2D eigenvalue weighted by Crippen LogP contribution is -2.02. The van der Waals surface area contributed by atoms with Crippen molar-refractivity contribution in [1.29, 1.82) is 0 Å². The third kappa shape index (κ3) is 3.19. The highest BCUT2D eigenvalue weighted by molar-refractivity contribution is 5.96. The van der Waals surface area contributed by atoms with E-state index in [2.05, 4.69) is 5.10 Å². The number of rotatable bonds is 5. The number of hydrogen-bond donors (Lipinski definition) is 0. The van der Waals surface area contributed by atoms with Gasteiger partial charge >= 0.3 is 0 Å². The Bertz CT molecular complexity index is 593. The summed E-state index contributed by atoms with van der Waals surface area (Å²) in [6, 6.07) is 3.93. The molecule has 0 aliphatic carbocycles. The van der Waals surface area contributed by atoms with E-state index < -0.39 is 5.82 Å². The molecular weight excluding hydrogens is 247 g/mol. The fourth-order valence-electron chi connectivity index (χ4n) is 1.72. The topological polar surface area (TPSA) is 44.1 Å². The molecule has 2 aromatic rings. The molecule has 0 bridgehead atoms. The van der Waals surface area contributed by atoms with E-state index in [1.54, 1.807) is 10.9 Å². The first-order chi connectivity index (χ1) is 9.10. The Morgan fingerprint density at radius 3 is 2.89 bits per heavy atom. The van der Waals surface area contributed by atoms with Crippen LogP contribution in [0.25, 0.3) is 0 Å². The number of hydrogen-bond acceptors (Lipinski definition) is 3. The Labute approximate surface area is 110 Å². The van der Waals surface area contributed by atoms with Gasteiger partial charge in [0.15, 0.2) is 5.78 Å². The van der Waals surface area contributed by atoms with Crippen LogP contribution < -0.4 is 4.74 Å². The van der Waals surface area contributed by atoms with Gasteiger partial charge in [0.05, 0.1) is 11.8 Å². The van der Waals surface area contributed by atoms with Gasteiger partial charge in [-0.1, -0.05) is 0 Å². The Morgan fingerprint density at radius 1 is 1.47 bits per heavy atom. The molecule has 1 heterocycles. The molecule has 0 aliphatic rings. The van der Waals surface area contributed by atoms with E-state index >= 15 is 0 Å². The van der Waals surface area contributed by atoms with Crippen molar-refractivity contribution in [3.63, 3.8) is 0 Å². The van der Waals surface area contributed by atoms with Crippen molar-refractivity contribution in [2.75, 3.05) is 0 Å². The number of nitrogens with zero attached hydrogens (tertiary/aromatic N) is 2. The average molecular weight is 262 g/mol. The predicted octanol–water partition coefficient (Wildman–Crippen LogP) is 2.82. The normalized spacial score (nSPS) is 10.5. The molecule has 0 unspecified atom stereocenters. The van der Waals surface area contributed by atoms with Crippen LogP contribution in [0.1, 0.15) is 29.8 Å². The van der Waals surface area contributed by atoms with E-state index in [1.165, 1.54) is 25.1 Å². The third-order valence-electron chi connectivity index (χ3n) is 2.73. The van der Waals surface area contributed by atoms with E-state index in [0.717, 1.165) is 12.1 Å². The molecular formula is C14H15FN2O2. The van der Waals surface area contributed by atoms with Crippen LogP contribution >= 0.6 is 0 Å². The fraction of sp³-hybridized carbons (Fsp3) is 0.286. The maximum atomic E-state index is 13.1. The Balaban J connectivity index is 2.12. The molecule has 1 aromatic carbocycles.